The fourth-order valence-electron chi connectivity index (χ4n) is 4.19. The van der Waals surface area contributed by atoms with E-state index in [0.717, 1.165) is 10.2 Å². The first-order valence-corrected chi connectivity index (χ1v) is 11.4. The lowest BCUT2D eigenvalue weighted by Gasteiger charge is -2.43. The fourth-order valence-corrected chi connectivity index (χ4v) is 4.46. The molecule has 7 heteroatoms. The van der Waals surface area contributed by atoms with Gasteiger partial charge in [0.05, 0.1) is 30.3 Å². The monoisotopic (exact) mass is 501 g/mol. The van der Waals surface area contributed by atoms with Gasteiger partial charge in [-0.1, -0.05) is 46.3 Å². The highest BCUT2D eigenvalue weighted by molar-refractivity contribution is 9.10. The molecule has 2 N–H and O–H groups in total. The SMILES string of the molecule is CCOC(=O)C1=C(Nc2ccccc2)C[C@@](C)(O)[C@@H](C(=O)OCC)[C@H]1c1ccc(Br)cc1. The molecule has 0 heterocycles. The van der Waals surface area contributed by atoms with Gasteiger partial charge in [-0.2, -0.15) is 0 Å². The third-order valence-corrected chi connectivity index (χ3v) is 6.04. The summed E-state index contributed by atoms with van der Waals surface area (Å²) in [6.07, 6.45) is 0.0621. The predicted octanol–water partition coefficient (Wildman–Crippen LogP) is 4.80. The molecule has 0 amide bonds. The van der Waals surface area contributed by atoms with Crippen LogP contribution in [0.1, 0.15) is 38.7 Å². The minimum absolute atomic E-state index is 0.0621. The van der Waals surface area contributed by atoms with Crippen LogP contribution >= 0.6 is 15.9 Å². The molecule has 0 aromatic heterocycles. The fraction of sp³-hybridized carbons (Fsp3) is 0.360. The molecule has 1 aliphatic rings. The average Bonchev–Trinajstić information content (AvgIpc) is 2.74. The Morgan fingerprint density at radius 2 is 1.69 bits per heavy atom. The van der Waals surface area contributed by atoms with E-state index in [2.05, 4.69) is 21.2 Å². The van der Waals surface area contributed by atoms with Crippen LogP contribution in [0.4, 0.5) is 5.69 Å². The van der Waals surface area contributed by atoms with Crippen molar-refractivity contribution in [3.8, 4) is 0 Å². The quantitative estimate of drug-likeness (QED) is 0.530. The number of halogens is 1. The van der Waals surface area contributed by atoms with Crippen LogP contribution in [0.15, 0.2) is 70.3 Å². The zero-order valence-corrected chi connectivity index (χ0v) is 20.0. The Hall–Kier alpha value is -2.64. The van der Waals surface area contributed by atoms with Crippen molar-refractivity contribution in [3.05, 3.63) is 75.9 Å². The lowest BCUT2D eigenvalue weighted by molar-refractivity contribution is -0.159. The summed E-state index contributed by atoms with van der Waals surface area (Å²) in [5.74, 6) is -2.81. The Kier molecular flexibility index (Phi) is 7.74. The number of anilines is 1. The lowest BCUT2D eigenvalue weighted by atomic mass is 9.66. The Labute approximate surface area is 196 Å². The van der Waals surface area contributed by atoms with E-state index >= 15 is 0 Å². The number of esters is 2. The van der Waals surface area contributed by atoms with E-state index in [1.807, 2.05) is 54.6 Å². The van der Waals surface area contributed by atoms with E-state index in [1.165, 1.54) is 0 Å². The molecule has 1 aliphatic carbocycles. The van der Waals surface area contributed by atoms with E-state index in [9.17, 15) is 14.7 Å². The molecule has 0 saturated heterocycles. The highest BCUT2D eigenvalue weighted by Crippen LogP contribution is 2.48. The number of ether oxygens (including phenoxy) is 2. The smallest absolute Gasteiger partial charge is 0.336 e. The maximum absolute atomic E-state index is 13.2. The van der Waals surface area contributed by atoms with Crippen LogP contribution in [-0.2, 0) is 19.1 Å². The minimum Gasteiger partial charge on any atom is -0.466 e. The molecule has 0 bridgehead atoms. The molecule has 0 radical (unpaired) electrons. The molecule has 2 aromatic carbocycles. The van der Waals surface area contributed by atoms with Gasteiger partial charge < -0.3 is 19.9 Å². The molecule has 3 atom stereocenters. The zero-order chi connectivity index (χ0) is 23.3. The molecule has 0 saturated carbocycles. The van der Waals surface area contributed by atoms with Gasteiger partial charge in [0.15, 0.2) is 0 Å². The Morgan fingerprint density at radius 1 is 1.06 bits per heavy atom. The summed E-state index contributed by atoms with van der Waals surface area (Å²) in [5.41, 5.74) is 0.860. The molecule has 6 nitrogen and oxygen atoms in total. The Morgan fingerprint density at radius 3 is 2.28 bits per heavy atom. The van der Waals surface area contributed by atoms with E-state index in [4.69, 9.17) is 9.47 Å². The molecule has 0 spiro atoms. The van der Waals surface area contributed by atoms with Crippen LogP contribution in [0.25, 0.3) is 0 Å². The molecule has 32 heavy (non-hydrogen) atoms. The number of rotatable bonds is 7. The first-order valence-electron chi connectivity index (χ1n) is 10.6. The lowest BCUT2D eigenvalue weighted by Crippen LogP contribution is -2.49. The Bertz CT molecular complexity index is 985. The summed E-state index contributed by atoms with van der Waals surface area (Å²) < 4.78 is 11.6. The van der Waals surface area contributed by atoms with Crippen molar-refractivity contribution in [2.24, 2.45) is 5.92 Å². The Balaban J connectivity index is 2.23. The summed E-state index contributed by atoms with van der Waals surface area (Å²) in [7, 11) is 0. The third-order valence-electron chi connectivity index (χ3n) is 5.51. The van der Waals surface area contributed by atoms with Gasteiger partial charge in [-0.05, 0) is 50.6 Å². The molecule has 0 fully saturated rings. The van der Waals surface area contributed by atoms with Gasteiger partial charge in [-0.3, -0.25) is 4.79 Å². The second-order valence-electron chi connectivity index (χ2n) is 7.90. The highest BCUT2D eigenvalue weighted by atomic mass is 79.9. The van der Waals surface area contributed by atoms with E-state index < -0.39 is 29.4 Å². The van der Waals surface area contributed by atoms with Crippen molar-refractivity contribution in [3.63, 3.8) is 0 Å². The van der Waals surface area contributed by atoms with Crippen LogP contribution < -0.4 is 5.32 Å². The van der Waals surface area contributed by atoms with Crippen LogP contribution in [0.2, 0.25) is 0 Å². The number of carbonyl (C=O) groups excluding carboxylic acids is 2. The zero-order valence-electron chi connectivity index (χ0n) is 18.4. The van der Waals surface area contributed by atoms with Gasteiger partial charge in [0.25, 0.3) is 0 Å². The van der Waals surface area contributed by atoms with Crippen molar-refractivity contribution in [1.29, 1.82) is 0 Å². The topological polar surface area (TPSA) is 84.9 Å². The second-order valence-corrected chi connectivity index (χ2v) is 8.81. The summed E-state index contributed by atoms with van der Waals surface area (Å²) in [6.45, 7) is 5.42. The first-order chi connectivity index (χ1) is 15.3. The van der Waals surface area contributed by atoms with Crippen molar-refractivity contribution >= 4 is 33.6 Å². The molecule has 0 unspecified atom stereocenters. The van der Waals surface area contributed by atoms with Gasteiger partial charge >= 0.3 is 11.9 Å². The largest absolute Gasteiger partial charge is 0.466 e. The summed E-state index contributed by atoms with van der Waals surface area (Å²) in [4.78, 5) is 26.3. The van der Waals surface area contributed by atoms with Crippen molar-refractivity contribution < 1.29 is 24.2 Å². The van der Waals surface area contributed by atoms with Crippen LogP contribution in [0, 0.1) is 5.92 Å². The summed E-state index contributed by atoms with van der Waals surface area (Å²) >= 11 is 3.43. The second kappa shape index (κ2) is 10.3. The molecule has 0 aliphatic heterocycles. The third kappa shape index (κ3) is 5.22. The van der Waals surface area contributed by atoms with Gasteiger partial charge in [-0.15, -0.1) is 0 Å². The molecular weight excluding hydrogens is 474 g/mol. The van der Waals surface area contributed by atoms with E-state index in [0.29, 0.717) is 16.8 Å². The number of hydrogen-bond acceptors (Lipinski definition) is 6. The standard InChI is InChI=1S/C25H28BrNO5/c1-4-31-23(28)21-19(27-18-9-7-6-8-10-18)15-25(3,30)22(24(29)32-5-2)20(21)16-11-13-17(26)14-12-16/h6-14,20,22,27,30H,4-5,15H2,1-3H3/t20-,22+,25+/m0/s1. The maximum Gasteiger partial charge on any atom is 0.336 e. The molecule has 170 valence electrons. The van der Waals surface area contributed by atoms with Crippen LogP contribution in [0.5, 0.6) is 0 Å². The van der Waals surface area contributed by atoms with Crippen LogP contribution in [0.3, 0.4) is 0 Å². The van der Waals surface area contributed by atoms with Crippen molar-refractivity contribution in [1.82, 2.24) is 0 Å². The molecular formula is C25H28BrNO5. The van der Waals surface area contributed by atoms with E-state index in [-0.39, 0.29) is 19.6 Å². The minimum atomic E-state index is -1.46. The average molecular weight is 502 g/mol. The van der Waals surface area contributed by atoms with E-state index in [1.54, 1.807) is 20.8 Å². The number of hydrogen-bond donors (Lipinski definition) is 2. The first kappa shape index (κ1) is 24.0. The highest BCUT2D eigenvalue weighted by Gasteiger charge is 2.52. The number of nitrogens with one attached hydrogen (secondary N) is 1. The predicted molar refractivity (Wildman–Crippen MR) is 126 cm³/mol. The number of aliphatic hydroxyl groups is 1. The normalized spacial score (nSPS) is 22.9. The van der Waals surface area contributed by atoms with Gasteiger partial charge in [0, 0.05) is 28.2 Å². The van der Waals surface area contributed by atoms with Crippen molar-refractivity contribution in [2.45, 2.75) is 38.7 Å². The summed E-state index contributed by atoms with van der Waals surface area (Å²) in [6, 6.07) is 16.7. The summed E-state index contributed by atoms with van der Waals surface area (Å²) in [5, 5.41) is 14.7. The van der Waals surface area contributed by atoms with Gasteiger partial charge in [-0.25, -0.2) is 4.79 Å². The van der Waals surface area contributed by atoms with Crippen LogP contribution in [-0.4, -0.2) is 35.9 Å². The number of benzene rings is 2. The molecule has 2 aromatic rings. The number of carbonyl (C=O) groups is 2. The number of para-hydroxylation sites is 1. The molecule has 3 rings (SSSR count). The maximum atomic E-state index is 13.2. The van der Waals surface area contributed by atoms with Gasteiger partial charge in [0.1, 0.15) is 0 Å². The van der Waals surface area contributed by atoms with Crippen molar-refractivity contribution in [2.75, 3.05) is 18.5 Å². The van der Waals surface area contributed by atoms with Gasteiger partial charge in [0.2, 0.25) is 0 Å².